The lowest BCUT2D eigenvalue weighted by Crippen LogP contribution is -2.41. The Bertz CT molecular complexity index is 980. The molecule has 30 heavy (non-hydrogen) atoms. The molecule has 2 aromatic carbocycles. The van der Waals surface area contributed by atoms with Crippen molar-refractivity contribution in [3.8, 4) is 0 Å². The Morgan fingerprint density at radius 2 is 1.97 bits per heavy atom. The minimum atomic E-state index is -0.336. The van der Waals surface area contributed by atoms with Gasteiger partial charge in [0.05, 0.1) is 17.1 Å². The number of rotatable bonds is 7. The fraction of sp³-hybridized carbons (Fsp3) is 0.318. The number of para-hydroxylation sites is 2. The number of imidazole rings is 1. The highest BCUT2D eigenvalue weighted by molar-refractivity contribution is 7.98. The van der Waals surface area contributed by atoms with E-state index in [-0.39, 0.29) is 17.9 Å². The van der Waals surface area contributed by atoms with E-state index in [1.165, 1.54) is 0 Å². The van der Waals surface area contributed by atoms with Gasteiger partial charge in [0.1, 0.15) is 0 Å². The van der Waals surface area contributed by atoms with Crippen LogP contribution in [0.25, 0.3) is 11.0 Å². The van der Waals surface area contributed by atoms with Crippen LogP contribution in [-0.2, 0) is 15.3 Å². The van der Waals surface area contributed by atoms with Gasteiger partial charge in [-0.3, -0.25) is 20.4 Å². The topological polar surface area (TPSA) is 96.1 Å². The van der Waals surface area contributed by atoms with Crippen LogP contribution in [0.5, 0.6) is 0 Å². The lowest BCUT2D eigenvalue weighted by molar-refractivity contribution is -0.122. The molecule has 0 bridgehead atoms. The number of hydrazine groups is 1. The molecule has 1 unspecified atom stereocenters. The quantitative estimate of drug-likeness (QED) is 0.398. The molecule has 1 aliphatic heterocycles. The molecular formula is C22H24N4O3S. The number of hydrogen-bond acceptors (Lipinski definition) is 5. The van der Waals surface area contributed by atoms with E-state index in [2.05, 4.69) is 20.8 Å². The van der Waals surface area contributed by atoms with Crippen LogP contribution in [0.15, 0.2) is 53.7 Å². The van der Waals surface area contributed by atoms with Crippen molar-refractivity contribution in [1.29, 1.82) is 0 Å². The Morgan fingerprint density at radius 1 is 1.13 bits per heavy atom. The van der Waals surface area contributed by atoms with E-state index in [9.17, 15) is 9.59 Å². The van der Waals surface area contributed by atoms with Crippen molar-refractivity contribution < 1.29 is 14.3 Å². The number of benzene rings is 2. The van der Waals surface area contributed by atoms with Gasteiger partial charge >= 0.3 is 0 Å². The highest BCUT2D eigenvalue weighted by Gasteiger charge is 2.17. The van der Waals surface area contributed by atoms with Crippen LogP contribution < -0.4 is 10.9 Å². The van der Waals surface area contributed by atoms with Crippen LogP contribution in [0.1, 0.15) is 41.6 Å². The molecule has 1 atom stereocenters. The van der Waals surface area contributed by atoms with Gasteiger partial charge in [-0.1, -0.05) is 36.0 Å². The summed E-state index contributed by atoms with van der Waals surface area (Å²) in [5, 5.41) is 0.865. The smallest absolute Gasteiger partial charge is 0.269 e. The van der Waals surface area contributed by atoms with E-state index in [0.29, 0.717) is 18.4 Å². The SMILES string of the molecule is O=C(CCC1CCCO1)NNC(=O)c1ccc(CSc2nc3ccccc3[nH]2)cc1. The summed E-state index contributed by atoms with van der Waals surface area (Å²) >= 11 is 1.61. The molecule has 0 spiro atoms. The first-order valence-corrected chi connectivity index (χ1v) is 11.0. The second-order valence-corrected chi connectivity index (χ2v) is 8.18. The minimum Gasteiger partial charge on any atom is -0.378 e. The van der Waals surface area contributed by atoms with E-state index in [0.717, 1.165) is 47.0 Å². The highest BCUT2D eigenvalue weighted by Crippen LogP contribution is 2.23. The Labute approximate surface area is 179 Å². The predicted molar refractivity (Wildman–Crippen MR) is 116 cm³/mol. The largest absolute Gasteiger partial charge is 0.378 e. The average Bonchev–Trinajstić information content (AvgIpc) is 3.44. The molecule has 3 N–H and O–H groups in total. The predicted octanol–water partition coefficient (Wildman–Crippen LogP) is 3.58. The fourth-order valence-electron chi connectivity index (χ4n) is 3.33. The Morgan fingerprint density at radius 3 is 2.73 bits per heavy atom. The van der Waals surface area contributed by atoms with Gasteiger partial charge in [0.15, 0.2) is 5.16 Å². The highest BCUT2D eigenvalue weighted by atomic mass is 32.2. The van der Waals surface area contributed by atoms with Gasteiger partial charge < -0.3 is 9.72 Å². The monoisotopic (exact) mass is 424 g/mol. The van der Waals surface area contributed by atoms with Crippen molar-refractivity contribution in [2.45, 2.75) is 42.7 Å². The van der Waals surface area contributed by atoms with Gasteiger partial charge in [-0.15, -0.1) is 0 Å². The van der Waals surface area contributed by atoms with Crippen molar-refractivity contribution in [2.75, 3.05) is 6.61 Å². The summed E-state index contributed by atoms with van der Waals surface area (Å²) in [7, 11) is 0. The maximum Gasteiger partial charge on any atom is 0.269 e. The number of fused-ring (bicyclic) bond motifs is 1. The number of amides is 2. The molecule has 2 heterocycles. The first kappa shape index (κ1) is 20.4. The Balaban J connectivity index is 1.22. The third-order valence-electron chi connectivity index (χ3n) is 4.99. The van der Waals surface area contributed by atoms with Gasteiger partial charge in [0.25, 0.3) is 5.91 Å². The summed E-state index contributed by atoms with van der Waals surface area (Å²) in [5.74, 6) is 0.191. The molecule has 1 aliphatic rings. The molecule has 0 aliphatic carbocycles. The van der Waals surface area contributed by atoms with E-state index < -0.39 is 0 Å². The maximum absolute atomic E-state index is 12.2. The molecule has 0 radical (unpaired) electrons. The molecule has 3 aromatic rings. The number of aromatic nitrogens is 2. The number of carbonyl (C=O) groups excluding carboxylic acids is 2. The molecule has 1 aromatic heterocycles. The molecule has 8 heteroatoms. The van der Waals surface area contributed by atoms with Gasteiger partial charge in [-0.25, -0.2) is 4.98 Å². The summed E-state index contributed by atoms with van der Waals surface area (Å²) in [6.45, 7) is 0.774. The number of nitrogens with one attached hydrogen (secondary N) is 3. The Hall–Kier alpha value is -2.84. The first-order valence-electron chi connectivity index (χ1n) is 10.0. The minimum absolute atomic E-state index is 0.163. The van der Waals surface area contributed by atoms with Crippen LogP contribution in [0.4, 0.5) is 0 Å². The molecule has 1 fully saturated rings. The van der Waals surface area contributed by atoms with E-state index >= 15 is 0 Å². The molecule has 156 valence electrons. The number of nitrogens with zero attached hydrogens (tertiary/aromatic N) is 1. The van der Waals surface area contributed by atoms with Crippen molar-refractivity contribution in [2.24, 2.45) is 0 Å². The van der Waals surface area contributed by atoms with E-state index in [1.807, 2.05) is 36.4 Å². The normalized spacial score (nSPS) is 15.9. The number of hydrogen-bond donors (Lipinski definition) is 3. The van der Waals surface area contributed by atoms with Crippen LogP contribution >= 0.6 is 11.8 Å². The summed E-state index contributed by atoms with van der Waals surface area (Å²) < 4.78 is 5.50. The summed E-state index contributed by atoms with van der Waals surface area (Å²) in [6, 6.07) is 15.2. The number of ether oxygens (including phenoxy) is 1. The molecule has 7 nitrogen and oxygen atoms in total. The van der Waals surface area contributed by atoms with Crippen molar-refractivity contribution >= 4 is 34.6 Å². The zero-order valence-electron chi connectivity index (χ0n) is 16.5. The molecular weight excluding hydrogens is 400 g/mol. The summed E-state index contributed by atoms with van der Waals surface area (Å²) in [5.41, 5.74) is 8.48. The van der Waals surface area contributed by atoms with Crippen molar-refractivity contribution in [1.82, 2.24) is 20.8 Å². The molecule has 1 saturated heterocycles. The van der Waals surface area contributed by atoms with Gasteiger partial charge in [-0.05, 0) is 49.1 Å². The third-order valence-corrected chi connectivity index (χ3v) is 5.94. The van der Waals surface area contributed by atoms with Crippen LogP contribution in [0.2, 0.25) is 0 Å². The zero-order chi connectivity index (χ0) is 20.8. The third kappa shape index (κ3) is 5.40. The molecule has 2 amide bonds. The van der Waals surface area contributed by atoms with Crippen LogP contribution in [-0.4, -0.2) is 34.5 Å². The van der Waals surface area contributed by atoms with Crippen molar-refractivity contribution in [3.05, 3.63) is 59.7 Å². The maximum atomic E-state index is 12.2. The van der Waals surface area contributed by atoms with Gasteiger partial charge in [-0.2, -0.15) is 0 Å². The van der Waals surface area contributed by atoms with E-state index in [4.69, 9.17) is 4.74 Å². The molecule has 0 saturated carbocycles. The second kappa shape index (κ2) is 9.77. The van der Waals surface area contributed by atoms with E-state index in [1.54, 1.807) is 23.9 Å². The average molecular weight is 425 g/mol. The van der Waals surface area contributed by atoms with Gasteiger partial charge in [0, 0.05) is 24.3 Å². The lowest BCUT2D eigenvalue weighted by Gasteiger charge is -2.10. The first-order chi connectivity index (χ1) is 14.7. The van der Waals surface area contributed by atoms with Crippen LogP contribution in [0.3, 0.4) is 0 Å². The number of carbonyl (C=O) groups is 2. The second-order valence-electron chi connectivity index (χ2n) is 7.22. The molecule has 4 rings (SSSR count). The standard InChI is InChI=1S/C22H24N4O3S/c27-20(12-11-17-4-3-13-29-17)25-26-21(28)16-9-7-15(8-10-16)14-30-22-23-18-5-1-2-6-19(18)24-22/h1-2,5-10,17H,3-4,11-14H2,(H,23,24)(H,25,27)(H,26,28). The fourth-order valence-corrected chi connectivity index (χ4v) is 4.17. The Kier molecular flexibility index (Phi) is 6.66. The van der Waals surface area contributed by atoms with Gasteiger partial charge in [0.2, 0.25) is 5.91 Å². The summed E-state index contributed by atoms with van der Waals surface area (Å²) in [6.07, 6.45) is 3.23. The number of aromatic amines is 1. The number of thioether (sulfide) groups is 1. The summed E-state index contributed by atoms with van der Waals surface area (Å²) in [4.78, 5) is 32.0. The lowest BCUT2D eigenvalue weighted by atomic mass is 10.1. The number of H-pyrrole nitrogens is 1. The van der Waals surface area contributed by atoms with Crippen LogP contribution in [0, 0.1) is 0 Å². The van der Waals surface area contributed by atoms with Crippen molar-refractivity contribution in [3.63, 3.8) is 0 Å². The zero-order valence-corrected chi connectivity index (χ0v) is 17.3.